The van der Waals surface area contributed by atoms with E-state index in [1.54, 1.807) is 0 Å². The van der Waals surface area contributed by atoms with Crippen LogP contribution >= 0.6 is 0 Å². The molecule has 158 valence electrons. The van der Waals surface area contributed by atoms with E-state index in [1.807, 2.05) is 30.3 Å². The van der Waals surface area contributed by atoms with E-state index in [-0.39, 0.29) is 23.7 Å². The first-order chi connectivity index (χ1) is 14.3. The van der Waals surface area contributed by atoms with E-state index in [1.165, 1.54) is 29.8 Å². The molecule has 0 fully saturated rings. The Morgan fingerprint density at radius 3 is 2.40 bits per heavy atom. The van der Waals surface area contributed by atoms with Crippen molar-refractivity contribution < 1.29 is 13.9 Å². The zero-order chi connectivity index (χ0) is 22.0. The van der Waals surface area contributed by atoms with E-state index >= 15 is 0 Å². The largest absolute Gasteiger partial charge is 0.484 e. The Balaban J connectivity index is 1.87. The normalized spacial score (nSPS) is 12.8. The van der Waals surface area contributed by atoms with E-state index in [0.29, 0.717) is 11.4 Å². The van der Waals surface area contributed by atoms with Crippen LogP contribution in [0.5, 0.6) is 5.75 Å². The van der Waals surface area contributed by atoms with Gasteiger partial charge in [-0.3, -0.25) is 4.79 Å². The highest BCUT2D eigenvalue weighted by Crippen LogP contribution is 2.28. The van der Waals surface area contributed by atoms with Crippen LogP contribution in [0, 0.1) is 11.2 Å². The summed E-state index contributed by atoms with van der Waals surface area (Å²) in [6.07, 6.45) is 10.5. The molecular weight excluding hydrogens is 377 g/mol. The first-order valence-electron chi connectivity index (χ1n) is 10.0. The fraction of sp³-hybridized carbons (Fsp3) is 0.269. The topological polar surface area (TPSA) is 38.3 Å². The quantitative estimate of drug-likeness (QED) is 0.440. The minimum atomic E-state index is -0.348. The zero-order valence-electron chi connectivity index (χ0n) is 18.0. The predicted octanol–water partition coefficient (Wildman–Crippen LogP) is 6.80. The van der Waals surface area contributed by atoms with Gasteiger partial charge in [-0.25, -0.2) is 4.39 Å². The third kappa shape index (κ3) is 8.08. The number of hydrogen-bond donors (Lipinski definition) is 1. The fourth-order valence-corrected chi connectivity index (χ4v) is 2.77. The predicted molar refractivity (Wildman–Crippen MR) is 123 cm³/mol. The van der Waals surface area contributed by atoms with Gasteiger partial charge in [-0.05, 0) is 68.7 Å². The summed E-state index contributed by atoms with van der Waals surface area (Å²) in [5, 5.41) is 2.66. The van der Waals surface area contributed by atoms with Crippen LogP contribution in [-0.4, -0.2) is 12.5 Å². The van der Waals surface area contributed by atoms with Crippen molar-refractivity contribution in [1.82, 2.24) is 0 Å². The first kappa shape index (κ1) is 23.1. The van der Waals surface area contributed by atoms with Gasteiger partial charge in [0, 0.05) is 11.1 Å². The van der Waals surface area contributed by atoms with Crippen molar-refractivity contribution in [2.45, 2.75) is 33.6 Å². The Kier molecular flexibility index (Phi) is 8.60. The van der Waals surface area contributed by atoms with Gasteiger partial charge in [0.05, 0.1) is 0 Å². The van der Waals surface area contributed by atoms with Gasteiger partial charge >= 0.3 is 0 Å². The molecule has 4 heteroatoms. The molecule has 1 N–H and O–H groups in total. The van der Waals surface area contributed by atoms with Gasteiger partial charge in [0.25, 0.3) is 5.91 Å². The molecule has 0 bridgehead atoms. The van der Waals surface area contributed by atoms with Crippen molar-refractivity contribution >= 4 is 17.7 Å². The molecule has 0 aliphatic carbocycles. The number of halogens is 1. The van der Waals surface area contributed by atoms with Crippen LogP contribution in [0.2, 0.25) is 0 Å². The molecule has 0 heterocycles. The van der Waals surface area contributed by atoms with Gasteiger partial charge in [0.15, 0.2) is 6.61 Å². The molecule has 3 nitrogen and oxygen atoms in total. The third-order valence-electron chi connectivity index (χ3n) is 4.74. The maximum atomic E-state index is 12.9. The summed E-state index contributed by atoms with van der Waals surface area (Å²) in [4.78, 5) is 12.0. The van der Waals surface area contributed by atoms with E-state index < -0.39 is 0 Å². The molecule has 0 saturated heterocycles. The Labute approximate surface area is 179 Å². The number of rotatable bonds is 10. The standard InChI is InChI=1S/C26H30FNO2/c1-5-26(4,17-6-7-20(2)3)18-16-21-8-14-24(15-9-21)30-19-25(29)28-23-12-10-22(27)11-13-23/h5,7-16,18H,1,6,17,19H2,2-4H3,(H,28,29)/b18-16+/t26-/m1/s1. The van der Waals surface area contributed by atoms with Gasteiger partial charge in [0.2, 0.25) is 0 Å². The highest BCUT2D eigenvalue weighted by molar-refractivity contribution is 5.91. The number of anilines is 1. The fourth-order valence-electron chi connectivity index (χ4n) is 2.77. The number of hydrogen-bond acceptors (Lipinski definition) is 2. The van der Waals surface area contributed by atoms with Gasteiger partial charge in [-0.1, -0.05) is 48.9 Å². The molecule has 0 aromatic heterocycles. The second-order valence-corrected chi connectivity index (χ2v) is 7.78. The maximum absolute atomic E-state index is 12.9. The van der Waals surface area contributed by atoms with Crippen LogP contribution in [0.25, 0.3) is 6.08 Å². The average molecular weight is 408 g/mol. The highest BCUT2D eigenvalue weighted by Gasteiger charge is 2.15. The summed E-state index contributed by atoms with van der Waals surface area (Å²) in [7, 11) is 0. The molecule has 1 atom stereocenters. The molecule has 0 radical (unpaired) electrons. The van der Waals surface area contributed by atoms with Gasteiger partial charge in [-0.2, -0.15) is 0 Å². The lowest BCUT2D eigenvalue weighted by molar-refractivity contribution is -0.118. The molecule has 1 amide bonds. The number of carbonyl (C=O) groups is 1. The second-order valence-electron chi connectivity index (χ2n) is 7.78. The van der Waals surface area contributed by atoms with E-state index in [2.05, 4.69) is 50.9 Å². The molecule has 2 aromatic rings. The number of benzene rings is 2. The van der Waals surface area contributed by atoms with E-state index in [9.17, 15) is 9.18 Å². The molecule has 0 aliphatic rings. The van der Waals surface area contributed by atoms with E-state index in [0.717, 1.165) is 18.4 Å². The number of carbonyl (C=O) groups excluding carboxylic acids is 1. The monoisotopic (exact) mass is 407 g/mol. The van der Waals surface area contributed by atoms with Gasteiger partial charge < -0.3 is 10.1 Å². The van der Waals surface area contributed by atoms with Crippen molar-refractivity contribution in [3.63, 3.8) is 0 Å². The Morgan fingerprint density at radius 1 is 1.13 bits per heavy atom. The molecule has 2 aromatic carbocycles. The smallest absolute Gasteiger partial charge is 0.262 e. The number of nitrogens with one attached hydrogen (secondary N) is 1. The zero-order valence-corrected chi connectivity index (χ0v) is 18.0. The van der Waals surface area contributed by atoms with Crippen molar-refractivity contribution in [2.75, 3.05) is 11.9 Å². The average Bonchev–Trinajstić information content (AvgIpc) is 2.73. The van der Waals surface area contributed by atoms with Crippen LogP contribution in [0.3, 0.4) is 0 Å². The van der Waals surface area contributed by atoms with Crippen molar-refractivity contribution in [3.05, 3.63) is 90.3 Å². The first-order valence-corrected chi connectivity index (χ1v) is 10.0. The summed E-state index contributed by atoms with van der Waals surface area (Å²) < 4.78 is 18.4. The summed E-state index contributed by atoms with van der Waals surface area (Å²) in [6, 6.07) is 13.2. The minimum Gasteiger partial charge on any atom is -0.484 e. The van der Waals surface area contributed by atoms with Crippen LogP contribution in [0.4, 0.5) is 10.1 Å². The number of ether oxygens (including phenoxy) is 1. The Morgan fingerprint density at radius 2 is 1.80 bits per heavy atom. The number of allylic oxidation sites excluding steroid dienone is 4. The molecular formula is C26H30FNO2. The van der Waals surface area contributed by atoms with Crippen LogP contribution in [0.1, 0.15) is 39.2 Å². The van der Waals surface area contributed by atoms with Gasteiger partial charge in [-0.15, -0.1) is 6.58 Å². The van der Waals surface area contributed by atoms with Crippen LogP contribution in [-0.2, 0) is 4.79 Å². The third-order valence-corrected chi connectivity index (χ3v) is 4.74. The van der Waals surface area contributed by atoms with Crippen molar-refractivity contribution in [1.29, 1.82) is 0 Å². The molecule has 0 spiro atoms. The highest BCUT2D eigenvalue weighted by atomic mass is 19.1. The minimum absolute atomic E-state index is 0.0699. The van der Waals surface area contributed by atoms with Crippen LogP contribution < -0.4 is 10.1 Å². The molecule has 0 saturated carbocycles. The lowest BCUT2D eigenvalue weighted by Gasteiger charge is -2.20. The lowest BCUT2D eigenvalue weighted by atomic mass is 9.84. The Bertz CT molecular complexity index is 894. The second kappa shape index (κ2) is 11.1. The maximum Gasteiger partial charge on any atom is 0.262 e. The summed E-state index contributed by atoms with van der Waals surface area (Å²) in [5.41, 5.74) is 2.83. The molecule has 2 rings (SSSR count). The van der Waals surface area contributed by atoms with Crippen molar-refractivity contribution in [3.8, 4) is 5.75 Å². The number of amides is 1. The van der Waals surface area contributed by atoms with Crippen molar-refractivity contribution in [2.24, 2.45) is 5.41 Å². The summed E-state index contributed by atoms with van der Waals surface area (Å²) >= 11 is 0. The molecule has 30 heavy (non-hydrogen) atoms. The van der Waals surface area contributed by atoms with E-state index in [4.69, 9.17) is 4.74 Å². The SMILES string of the molecule is C=C[C@@](C)(/C=C/c1ccc(OCC(=O)Nc2ccc(F)cc2)cc1)CCC=C(C)C. The molecule has 0 unspecified atom stereocenters. The summed E-state index contributed by atoms with van der Waals surface area (Å²) in [5.74, 6) is -0.0418. The lowest BCUT2D eigenvalue weighted by Crippen LogP contribution is -2.20. The van der Waals surface area contributed by atoms with Crippen LogP contribution in [0.15, 0.2) is 78.9 Å². The molecule has 0 aliphatic heterocycles. The summed E-state index contributed by atoms with van der Waals surface area (Å²) in [6.45, 7) is 10.3. The van der Waals surface area contributed by atoms with Gasteiger partial charge in [0.1, 0.15) is 11.6 Å². The Hall–Kier alpha value is -3.14.